The Bertz CT molecular complexity index is 579. The van der Waals surface area contributed by atoms with Crippen molar-refractivity contribution in [3.05, 3.63) is 29.8 Å². The largest absolute Gasteiger partial charge is 0.355 e. The van der Waals surface area contributed by atoms with Crippen molar-refractivity contribution in [1.29, 1.82) is 0 Å². The summed E-state index contributed by atoms with van der Waals surface area (Å²) in [6.45, 7) is 0.292. The van der Waals surface area contributed by atoms with E-state index in [4.69, 9.17) is 5.73 Å². The monoisotopic (exact) mass is 297 g/mol. The van der Waals surface area contributed by atoms with Crippen molar-refractivity contribution >= 4 is 15.9 Å². The highest BCUT2D eigenvalue weighted by Crippen LogP contribution is 2.32. The van der Waals surface area contributed by atoms with Crippen LogP contribution < -0.4 is 15.8 Å². The van der Waals surface area contributed by atoms with Crippen LogP contribution in [0.1, 0.15) is 23.2 Å². The molecular formula is C13H19N3O3S. The van der Waals surface area contributed by atoms with Crippen molar-refractivity contribution in [2.75, 3.05) is 13.6 Å². The first-order chi connectivity index (χ1) is 9.47. The molecule has 0 spiro atoms. The Hall–Kier alpha value is -1.44. The number of sulfonamides is 1. The van der Waals surface area contributed by atoms with E-state index in [1.165, 1.54) is 31.3 Å². The SMILES string of the molecule is CNC(=O)c1ccc(S(=O)(=O)NC(CN)C2CC2)cc1. The molecule has 1 saturated carbocycles. The molecule has 7 heteroatoms. The Morgan fingerprint density at radius 1 is 1.35 bits per heavy atom. The van der Waals surface area contributed by atoms with Crippen molar-refractivity contribution in [3.8, 4) is 0 Å². The summed E-state index contributed by atoms with van der Waals surface area (Å²) in [5.74, 6) is 0.0969. The minimum atomic E-state index is -3.59. The maximum Gasteiger partial charge on any atom is 0.251 e. The van der Waals surface area contributed by atoms with Crippen LogP contribution in [0.25, 0.3) is 0 Å². The number of nitrogens with two attached hydrogens (primary N) is 1. The van der Waals surface area contributed by atoms with E-state index in [1.54, 1.807) is 0 Å². The summed E-state index contributed by atoms with van der Waals surface area (Å²) in [6.07, 6.45) is 2.03. The quantitative estimate of drug-likeness (QED) is 0.691. The molecule has 1 aliphatic rings. The second-order valence-electron chi connectivity index (χ2n) is 4.90. The third-order valence-corrected chi connectivity index (χ3v) is 4.91. The summed E-state index contributed by atoms with van der Waals surface area (Å²) < 4.78 is 27.1. The number of nitrogens with one attached hydrogen (secondary N) is 2. The fraction of sp³-hybridized carbons (Fsp3) is 0.462. The van der Waals surface area contributed by atoms with E-state index in [1.807, 2.05) is 0 Å². The van der Waals surface area contributed by atoms with Crippen LogP contribution in [0.15, 0.2) is 29.2 Å². The average Bonchev–Trinajstić information content (AvgIpc) is 3.28. The number of rotatable bonds is 6. The zero-order valence-corrected chi connectivity index (χ0v) is 12.1. The maximum absolute atomic E-state index is 12.2. The molecule has 20 heavy (non-hydrogen) atoms. The van der Waals surface area contributed by atoms with Crippen molar-refractivity contribution in [3.63, 3.8) is 0 Å². The second kappa shape index (κ2) is 5.90. The average molecular weight is 297 g/mol. The van der Waals surface area contributed by atoms with Crippen molar-refractivity contribution in [2.45, 2.75) is 23.8 Å². The van der Waals surface area contributed by atoms with Gasteiger partial charge in [-0.2, -0.15) is 0 Å². The fourth-order valence-electron chi connectivity index (χ4n) is 2.03. The van der Waals surface area contributed by atoms with Crippen LogP contribution in [-0.2, 0) is 10.0 Å². The molecule has 1 unspecified atom stereocenters. The third kappa shape index (κ3) is 3.36. The molecule has 0 aromatic heterocycles. The zero-order chi connectivity index (χ0) is 14.8. The molecule has 0 radical (unpaired) electrons. The van der Waals surface area contributed by atoms with Gasteiger partial charge in [-0.3, -0.25) is 4.79 Å². The lowest BCUT2D eigenvalue weighted by atomic mass is 10.2. The van der Waals surface area contributed by atoms with Crippen LogP contribution in [0.4, 0.5) is 0 Å². The molecule has 4 N–H and O–H groups in total. The van der Waals surface area contributed by atoms with Crippen molar-refractivity contribution in [2.24, 2.45) is 11.7 Å². The van der Waals surface area contributed by atoms with Crippen molar-refractivity contribution < 1.29 is 13.2 Å². The molecule has 0 saturated heterocycles. The number of carbonyl (C=O) groups is 1. The summed E-state index contributed by atoms with van der Waals surface area (Å²) in [7, 11) is -2.06. The van der Waals surface area contributed by atoms with Crippen LogP contribution >= 0.6 is 0 Å². The molecule has 1 aromatic rings. The minimum Gasteiger partial charge on any atom is -0.355 e. The molecule has 1 aromatic carbocycles. The van der Waals surface area contributed by atoms with Crippen LogP contribution in [-0.4, -0.2) is 34.0 Å². The predicted molar refractivity (Wildman–Crippen MR) is 75.7 cm³/mol. The smallest absolute Gasteiger partial charge is 0.251 e. The number of hydrogen-bond acceptors (Lipinski definition) is 4. The highest BCUT2D eigenvalue weighted by Gasteiger charge is 2.33. The van der Waals surface area contributed by atoms with E-state index < -0.39 is 10.0 Å². The molecule has 2 rings (SSSR count). The fourth-order valence-corrected chi connectivity index (χ4v) is 3.35. The molecule has 1 atom stereocenters. The van der Waals surface area contributed by atoms with Gasteiger partial charge in [0.05, 0.1) is 4.90 Å². The van der Waals surface area contributed by atoms with Gasteiger partial charge in [0.2, 0.25) is 10.0 Å². The van der Waals surface area contributed by atoms with Crippen molar-refractivity contribution in [1.82, 2.24) is 10.0 Å². The molecule has 1 fully saturated rings. The van der Waals surface area contributed by atoms with E-state index in [0.29, 0.717) is 18.0 Å². The Morgan fingerprint density at radius 3 is 2.40 bits per heavy atom. The van der Waals surface area contributed by atoms with Gasteiger partial charge in [-0.25, -0.2) is 13.1 Å². The standard InChI is InChI=1S/C13H19N3O3S/c1-15-13(17)10-4-6-11(7-5-10)20(18,19)16-12(8-14)9-2-3-9/h4-7,9,12,16H,2-3,8,14H2,1H3,(H,15,17). The van der Waals surface area contributed by atoms with E-state index in [2.05, 4.69) is 10.0 Å². The van der Waals surface area contributed by atoms with Gasteiger partial charge in [-0.05, 0) is 43.0 Å². The Morgan fingerprint density at radius 2 is 1.95 bits per heavy atom. The first-order valence-electron chi connectivity index (χ1n) is 6.52. The molecular weight excluding hydrogens is 278 g/mol. The van der Waals surface area contributed by atoms with Gasteiger partial charge in [0.15, 0.2) is 0 Å². The molecule has 1 aliphatic carbocycles. The van der Waals surface area contributed by atoms with Gasteiger partial charge in [0.1, 0.15) is 0 Å². The van der Waals surface area contributed by atoms with Crippen LogP contribution in [0, 0.1) is 5.92 Å². The van der Waals surface area contributed by atoms with Gasteiger partial charge in [0.25, 0.3) is 5.91 Å². The van der Waals surface area contributed by atoms with Gasteiger partial charge in [0, 0.05) is 25.2 Å². The number of benzene rings is 1. The van der Waals surface area contributed by atoms with Crippen LogP contribution in [0.5, 0.6) is 0 Å². The first kappa shape index (κ1) is 15.0. The number of hydrogen-bond donors (Lipinski definition) is 3. The summed E-state index contributed by atoms with van der Waals surface area (Å²) in [5, 5.41) is 2.48. The highest BCUT2D eigenvalue weighted by atomic mass is 32.2. The number of amides is 1. The highest BCUT2D eigenvalue weighted by molar-refractivity contribution is 7.89. The van der Waals surface area contributed by atoms with E-state index >= 15 is 0 Å². The van der Waals surface area contributed by atoms with E-state index in [0.717, 1.165) is 12.8 Å². The van der Waals surface area contributed by atoms with Gasteiger partial charge >= 0.3 is 0 Å². The maximum atomic E-state index is 12.2. The molecule has 110 valence electrons. The zero-order valence-electron chi connectivity index (χ0n) is 11.3. The Kier molecular flexibility index (Phi) is 4.42. The summed E-state index contributed by atoms with van der Waals surface area (Å²) in [5.41, 5.74) is 6.02. The molecule has 1 amide bonds. The molecule has 0 bridgehead atoms. The van der Waals surface area contributed by atoms with Crippen LogP contribution in [0.3, 0.4) is 0 Å². The predicted octanol–water partition coefficient (Wildman–Crippen LogP) is 0.0618. The molecule has 0 aliphatic heterocycles. The number of carbonyl (C=O) groups excluding carboxylic acids is 1. The van der Waals surface area contributed by atoms with Crippen LogP contribution in [0.2, 0.25) is 0 Å². The topological polar surface area (TPSA) is 101 Å². The van der Waals surface area contributed by atoms with Gasteiger partial charge in [-0.15, -0.1) is 0 Å². The van der Waals surface area contributed by atoms with E-state index in [-0.39, 0.29) is 16.8 Å². The minimum absolute atomic E-state index is 0.143. The first-order valence-corrected chi connectivity index (χ1v) is 8.01. The Labute approximate surface area is 118 Å². The summed E-state index contributed by atoms with van der Waals surface area (Å²) in [6, 6.07) is 5.61. The van der Waals surface area contributed by atoms with Gasteiger partial charge < -0.3 is 11.1 Å². The third-order valence-electron chi connectivity index (χ3n) is 3.41. The molecule has 6 nitrogen and oxygen atoms in total. The molecule has 0 heterocycles. The van der Waals surface area contributed by atoms with E-state index in [9.17, 15) is 13.2 Å². The Balaban J connectivity index is 2.14. The lowest BCUT2D eigenvalue weighted by Crippen LogP contribution is -2.41. The van der Waals surface area contributed by atoms with Gasteiger partial charge in [-0.1, -0.05) is 0 Å². The lowest BCUT2D eigenvalue weighted by molar-refractivity contribution is 0.0963. The second-order valence-corrected chi connectivity index (χ2v) is 6.62. The lowest BCUT2D eigenvalue weighted by Gasteiger charge is -2.16. The normalized spacial score (nSPS) is 16.7. The summed E-state index contributed by atoms with van der Waals surface area (Å²) in [4.78, 5) is 11.5. The summed E-state index contributed by atoms with van der Waals surface area (Å²) >= 11 is 0.